The zero-order valence-corrected chi connectivity index (χ0v) is 20.7. The van der Waals surface area contributed by atoms with E-state index in [1.165, 1.54) is 31.0 Å². The summed E-state index contributed by atoms with van der Waals surface area (Å²) in [6, 6.07) is 6.72. The minimum Gasteiger partial charge on any atom is -0.352 e. The second kappa shape index (κ2) is 11.2. The highest BCUT2D eigenvalue weighted by molar-refractivity contribution is 7.99. The summed E-state index contributed by atoms with van der Waals surface area (Å²) in [6.45, 7) is 6.25. The average Bonchev–Trinajstić information content (AvgIpc) is 3.12. The first-order chi connectivity index (χ1) is 15.3. The van der Waals surface area contributed by atoms with E-state index in [1.54, 1.807) is 24.3 Å². The van der Waals surface area contributed by atoms with Gasteiger partial charge in [-0.15, -0.1) is 10.2 Å². The fraction of sp³-hybridized carbons (Fsp3) is 0.565. The molecule has 32 heavy (non-hydrogen) atoms. The van der Waals surface area contributed by atoms with E-state index in [1.807, 2.05) is 25.5 Å². The number of benzene rings is 1. The summed E-state index contributed by atoms with van der Waals surface area (Å²) in [5.74, 6) is 1.40. The predicted molar refractivity (Wildman–Crippen MR) is 128 cm³/mol. The molecular formula is C23H32ClN5O2S. The summed E-state index contributed by atoms with van der Waals surface area (Å²) in [7, 11) is 1.86. The van der Waals surface area contributed by atoms with Crippen molar-refractivity contribution in [2.75, 3.05) is 5.75 Å². The van der Waals surface area contributed by atoms with Crippen LogP contribution in [0, 0.1) is 11.8 Å². The zero-order chi connectivity index (χ0) is 23.3. The van der Waals surface area contributed by atoms with Gasteiger partial charge in [0.05, 0.1) is 11.8 Å². The van der Waals surface area contributed by atoms with Crippen molar-refractivity contribution in [3.8, 4) is 0 Å². The van der Waals surface area contributed by atoms with E-state index in [4.69, 9.17) is 11.6 Å². The van der Waals surface area contributed by atoms with Gasteiger partial charge >= 0.3 is 0 Å². The van der Waals surface area contributed by atoms with Crippen LogP contribution in [0.3, 0.4) is 0 Å². The molecule has 2 amide bonds. The number of carbonyl (C=O) groups is 2. The highest BCUT2D eigenvalue weighted by Crippen LogP contribution is 2.26. The van der Waals surface area contributed by atoms with Crippen LogP contribution in [0.5, 0.6) is 0 Å². The molecule has 1 saturated carbocycles. The van der Waals surface area contributed by atoms with Gasteiger partial charge in [-0.2, -0.15) is 0 Å². The van der Waals surface area contributed by atoms with Crippen LogP contribution >= 0.6 is 23.4 Å². The number of hydrogen-bond donors (Lipinski definition) is 2. The fourth-order valence-corrected chi connectivity index (χ4v) is 4.84. The third-order valence-corrected chi connectivity index (χ3v) is 7.27. The smallest absolute Gasteiger partial charge is 0.251 e. The van der Waals surface area contributed by atoms with Gasteiger partial charge in [0.1, 0.15) is 0 Å². The van der Waals surface area contributed by atoms with Crippen LogP contribution in [0.4, 0.5) is 0 Å². The van der Waals surface area contributed by atoms with Gasteiger partial charge in [0.25, 0.3) is 5.91 Å². The van der Waals surface area contributed by atoms with Crippen LogP contribution in [-0.4, -0.2) is 38.4 Å². The summed E-state index contributed by atoms with van der Waals surface area (Å²) in [4.78, 5) is 25.2. The molecule has 0 spiro atoms. The molecule has 1 heterocycles. The van der Waals surface area contributed by atoms with Crippen molar-refractivity contribution in [3.63, 3.8) is 0 Å². The summed E-state index contributed by atoms with van der Waals surface area (Å²) in [5.41, 5.74) is 0.533. The molecule has 7 nitrogen and oxygen atoms in total. The lowest BCUT2D eigenvalue weighted by Crippen LogP contribution is -2.41. The van der Waals surface area contributed by atoms with Crippen LogP contribution in [0.15, 0.2) is 29.4 Å². The fourth-order valence-electron chi connectivity index (χ4n) is 3.99. The number of nitrogens with one attached hydrogen (secondary N) is 2. The van der Waals surface area contributed by atoms with Gasteiger partial charge in [0, 0.05) is 23.7 Å². The van der Waals surface area contributed by atoms with Crippen molar-refractivity contribution in [1.82, 2.24) is 25.4 Å². The molecule has 1 aliphatic rings. The van der Waals surface area contributed by atoms with E-state index in [-0.39, 0.29) is 29.8 Å². The molecule has 0 saturated heterocycles. The summed E-state index contributed by atoms with van der Waals surface area (Å²) in [5, 5.41) is 16.1. The van der Waals surface area contributed by atoms with Crippen molar-refractivity contribution in [3.05, 3.63) is 40.7 Å². The minimum atomic E-state index is -0.318. The molecule has 3 atom stereocenters. The van der Waals surface area contributed by atoms with Gasteiger partial charge in [-0.05, 0) is 48.9 Å². The Morgan fingerprint density at radius 1 is 1.19 bits per heavy atom. The lowest BCUT2D eigenvalue weighted by atomic mass is 9.86. The second-order valence-electron chi connectivity index (χ2n) is 8.83. The highest BCUT2D eigenvalue weighted by atomic mass is 35.5. The van der Waals surface area contributed by atoms with E-state index < -0.39 is 0 Å². The number of halogens is 1. The molecule has 0 aliphatic heterocycles. The van der Waals surface area contributed by atoms with Gasteiger partial charge in [0.15, 0.2) is 11.0 Å². The predicted octanol–water partition coefficient (Wildman–Crippen LogP) is 4.38. The molecule has 174 valence electrons. The molecular weight excluding hydrogens is 446 g/mol. The molecule has 3 rings (SSSR count). The third-order valence-electron chi connectivity index (χ3n) is 6.00. The number of aromatic nitrogens is 3. The molecule has 2 N–H and O–H groups in total. The van der Waals surface area contributed by atoms with Gasteiger partial charge in [0.2, 0.25) is 5.91 Å². The second-order valence-corrected chi connectivity index (χ2v) is 10.2. The Morgan fingerprint density at radius 3 is 2.53 bits per heavy atom. The average molecular weight is 478 g/mol. The topological polar surface area (TPSA) is 88.9 Å². The first-order valence-corrected chi connectivity index (χ1v) is 12.5. The first kappa shape index (κ1) is 24.6. The lowest BCUT2D eigenvalue weighted by Gasteiger charge is -2.29. The quantitative estimate of drug-likeness (QED) is 0.550. The number of rotatable bonds is 8. The Kier molecular flexibility index (Phi) is 8.59. The van der Waals surface area contributed by atoms with Crippen molar-refractivity contribution < 1.29 is 9.59 Å². The molecule has 1 aromatic carbocycles. The minimum absolute atomic E-state index is 0.0229. The van der Waals surface area contributed by atoms with Crippen molar-refractivity contribution in [2.45, 2.75) is 63.7 Å². The number of thioether (sulfide) groups is 1. The first-order valence-electron chi connectivity index (χ1n) is 11.1. The largest absolute Gasteiger partial charge is 0.352 e. The lowest BCUT2D eigenvalue weighted by molar-refractivity contribution is -0.119. The Labute approximate surface area is 199 Å². The van der Waals surface area contributed by atoms with Crippen molar-refractivity contribution >= 4 is 35.2 Å². The molecule has 0 radical (unpaired) electrons. The molecule has 1 aromatic heterocycles. The van der Waals surface area contributed by atoms with E-state index in [0.29, 0.717) is 33.2 Å². The number of hydrogen-bond acceptors (Lipinski definition) is 5. The Bertz CT molecular complexity index is 931. The standard InChI is InChI=1S/C23H32ClN5O2S/c1-14(2)20(26-22(31)16-9-11-17(24)12-10-16)21-27-28-23(29(21)4)32-13-19(30)25-18-8-6-5-7-15(18)3/h9-12,14-15,18,20H,5-8,13H2,1-4H3,(H,25,30)(H,26,31)/t15-,18-,20+/m1/s1. The van der Waals surface area contributed by atoms with Crippen molar-refractivity contribution in [2.24, 2.45) is 18.9 Å². The Balaban J connectivity index is 1.62. The van der Waals surface area contributed by atoms with Gasteiger partial charge < -0.3 is 15.2 Å². The zero-order valence-electron chi connectivity index (χ0n) is 19.1. The number of nitrogens with zero attached hydrogens (tertiary/aromatic N) is 3. The number of amides is 2. The number of carbonyl (C=O) groups excluding carboxylic acids is 2. The summed E-state index contributed by atoms with van der Waals surface area (Å²) in [6.07, 6.45) is 4.64. The summed E-state index contributed by atoms with van der Waals surface area (Å²) >= 11 is 7.28. The Morgan fingerprint density at radius 2 is 1.88 bits per heavy atom. The van der Waals surface area contributed by atoms with Gasteiger partial charge in [-0.25, -0.2) is 0 Å². The normalized spacial score (nSPS) is 19.6. The maximum Gasteiger partial charge on any atom is 0.251 e. The molecule has 2 aromatic rings. The molecule has 1 aliphatic carbocycles. The Hall–Kier alpha value is -2.06. The van der Waals surface area contributed by atoms with E-state index in [2.05, 4.69) is 27.8 Å². The van der Waals surface area contributed by atoms with E-state index in [0.717, 1.165) is 6.42 Å². The maximum absolute atomic E-state index is 12.7. The van der Waals surface area contributed by atoms with Gasteiger partial charge in [-0.1, -0.05) is 57.0 Å². The van der Waals surface area contributed by atoms with Crippen LogP contribution in [0.2, 0.25) is 5.02 Å². The SMILES string of the molecule is CC(C)[C@H](NC(=O)c1ccc(Cl)cc1)c1nnc(SCC(=O)N[C@@H]2CCCC[C@H]2C)n1C. The highest BCUT2D eigenvalue weighted by Gasteiger charge is 2.26. The maximum atomic E-state index is 12.7. The van der Waals surface area contributed by atoms with E-state index >= 15 is 0 Å². The van der Waals surface area contributed by atoms with Crippen LogP contribution in [0.1, 0.15) is 68.7 Å². The third kappa shape index (κ3) is 6.25. The molecule has 1 fully saturated rings. The molecule has 9 heteroatoms. The van der Waals surface area contributed by atoms with Crippen LogP contribution in [0.25, 0.3) is 0 Å². The van der Waals surface area contributed by atoms with Crippen LogP contribution < -0.4 is 10.6 Å². The van der Waals surface area contributed by atoms with Gasteiger partial charge in [-0.3, -0.25) is 9.59 Å². The summed E-state index contributed by atoms with van der Waals surface area (Å²) < 4.78 is 1.86. The van der Waals surface area contributed by atoms with Crippen molar-refractivity contribution in [1.29, 1.82) is 0 Å². The van der Waals surface area contributed by atoms with Crippen LogP contribution in [-0.2, 0) is 11.8 Å². The monoisotopic (exact) mass is 477 g/mol. The van der Waals surface area contributed by atoms with E-state index in [9.17, 15) is 9.59 Å². The molecule has 0 bridgehead atoms. The molecule has 0 unspecified atom stereocenters.